The molecule has 33 heavy (non-hydrogen) atoms. The number of ether oxygens (including phenoxy) is 1. The van der Waals surface area contributed by atoms with Crippen LogP contribution in [0.1, 0.15) is 38.6 Å². The van der Waals surface area contributed by atoms with E-state index in [1.54, 1.807) is 6.92 Å². The van der Waals surface area contributed by atoms with E-state index in [2.05, 4.69) is 40.8 Å². The number of carbonyl (C=O) groups is 1. The fourth-order valence-electron chi connectivity index (χ4n) is 2.65. The molecular weight excluding hydrogens is 443 g/mol. The predicted octanol–water partition coefficient (Wildman–Crippen LogP) is 4.52. The van der Waals surface area contributed by atoms with E-state index < -0.39 is 18.2 Å². The summed E-state index contributed by atoms with van der Waals surface area (Å²) < 4.78 is 46.5. The second-order valence-electron chi connectivity index (χ2n) is 6.90. The minimum atomic E-state index is -4.81. The molecule has 1 unspecified atom stereocenters. The maximum Gasteiger partial charge on any atom is 0.573 e. The first-order valence-electron chi connectivity index (χ1n) is 10.1. The van der Waals surface area contributed by atoms with Crippen molar-refractivity contribution in [2.75, 3.05) is 17.2 Å². The number of urea groups is 1. The molecule has 0 fully saturated rings. The van der Waals surface area contributed by atoms with Crippen LogP contribution in [0.15, 0.2) is 41.1 Å². The number of alkyl halides is 3. The Morgan fingerprint density at radius 2 is 2.06 bits per heavy atom. The summed E-state index contributed by atoms with van der Waals surface area (Å²) in [5.41, 5.74) is 0.287. The lowest BCUT2D eigenvalue weighted by atomic mass is 10.2. The summed E-state index contributed by atoms with van der Waals surface area (Å²) in [4.78, 5) is 24.4. The fraction of sp³-hybridized carbons (Fsp3) is 0.350. The highest BCUT2D eigenvalue weighted by Crippen LogP contribution is 2.27. The van der Waals surface area contributed by atoms with Crippen molar-refractivity contribution >= 4 is 17.8 Å². The molecule has 10 nitrogen and oxygen atoms in total. The van der Waals surface area contributed by atoms with Gasteiger partial charge in [0.15, 0.2) is 0 Å². The van der Waals surface area contributed by atoms with E-state index in [4.69, 9.17) is 4.52 Å². The van der Waals surface area contributed by atoms with Crippen LogP contribution in [0.4, 0.5) is 29.7 Å². The van der Waals surface area contributed by atoms with Gasteiger partial charge in [-0.3, -0.25) is 5.32 Å². The maximum atomic E-state index is 12.4. The Bertz CT molecular complexity index is 1070. The van der Waals surface area contributed by atoms with Crippen molar-refractivity contribution < 1.29 is 27.2 Å². The third kappa shape index (κ3) is 7.33. The Balaban J connectivity index is 1.64. The molecule has 0 radical (unpaired) electrons. The number of anilines is 2. The summed E-state index contributed by atoms with van der Waals surface area (Å²) in [6.07, 6.45) is -1.51. The summed E-state index contributed by atoms with van der Waals surface area (Å²) in [7, 11) is 0. The van der Waals surface area contributed by atoms with Crippen LogP contribution in [-0.4, -0.2) is 39.0 Å². The summed E-state index contributed by atoms with van der Waals surface area (Å²) in [6.45, 7) is 4.29. The Labute approximate surface area is 187 Å². The molecule has 0 saturated carbocycles. The van der Waals surface area contributed by atoms with Gasteiger partial charge in [-0.2, -0.15) is 9.97 Å². The highest BCUT2D eigenvalue weighted by molar-refractivity contribution is 5.88. The summed E-state index contributed by atoms with van der Waals surface area (Å²) in [5, 5.41) is 12.1. The molecule has 176 valence electrons. The highest BCUT2D eigenvalue weighted by atomic mass is 19.4. The molecule has 2 aromatic heterocycles. The molecule has 0 aliphatic rings. The largest absolute Gasteiger partial charge is 0.573 e. The molecule has 0 saturated heterocycles. The minimum absolute atomic E-state index is 0.0892. The first-order chi connectivity index (χ1) is 15.7. The van der Waals surface area contributed by atoms with Gasteiger partial charge in [-0.05, 0) is 31.5 Å². The third-order valence-electron chi connectivity index (χ3n) is 4.20. The molecule has 1 aromatic carbocycles. The van der Waals surface area contributed by atoms with Crippen molar-refractivity contribution in [3.8, 4) is 17.1 Å². The van der Waals surface area contributed by atoms with Gasteiger partial charge < -0.3 is 19.9 Å². The number of unbranched alkanes of at least 4 members (excludes halogenated alkanes) is 1. The van der Waals surface area contributed by atoms with Crippen molar-refractivity contribution in [3.63, 3.8) is 0 Å². The van der Waals surface area contributed by atoms with Gasteiger partial charge in [0, 0.05) is 18.3 Å². The number of rotatable bonds is 9. The highest BCUT2D eigenvalue weighted by Gasteiger charge is 2.31. The fourth-order valence-corrected chi connectivity index (χ4v) is 2.65. The molecule has 0 aliphatic carbocycles. The Morgan fingerprint density at radius 3 is 2.82 bits per heavy atom. The molecule has 2 heterocycles. The average molecular weight is 465 g/mol. The number of aromatic nitrogens is 4. The van der Waals surface area contributed by atoms with Crippen LogP contribution in [-0.2, 0) is 0 Å². The van der Waals surface area contributed by atoms with Crippen LogP contribution in [0.3, 0.4) is 0 Å². The summed E-state index contributed by atoms with van der Waals surface area (Å²) in [5.74, 6) is 0.349. The molecule has 3 aromatic rings. The van der Waals surface area contributed by atoms with Gasteiger partial charge in [-0.15, -0.1) is 13.2 Å². The lowest BCUT2D eigenvalue weighted by Gasteiger charge is -2.11. The quantitative estimate of drug-likeness (QED) is 0.394. The molecule has 0 spiro atoms. The Morgan fingerprint density at radius 1 is 1.24 bits per heavy atom. The van der Waals surface area contributed by atoms with Crippen molar-refractivity contribution in [1.82, 2.24) is 25.4 Å². The minimum Gasteiger partial charge on any atom is -0.406 e. The van der Waals surface area contributed by atoms with Crippen LogP contribution in [0, 0.1) is 0 Å². The number of hydrogen-bond acceptors (Lipinski definition) is 8. The average Bonchev–Trinajstić information content (AvgIpc) is 3.24. The normalized spacial score (nSPS) is 12.2. The number of amides is 2. The Hall–Kier alpha value is -3.90. The van der Waals surface area contributed by atoms with E-state index >= 15 is 0 Å². The van der Waals surface area contributed by atoms with E-state index in [-0.39, 0.29) is 29.3 Å². The second kappa shape index (κ2) is 10.6. The number of nitrogens with zero attached hydrogens (tertiary/aromatic N) is 4. The molecule has 3 rings (SSSR count). The SMILES string of the molecule is CCCCNC(=O)Nc1ccnc(NC(C)c2nc(-c3cccc(OC(F)(F)F)c3)no2)n1. The van der Waals surface area contributed by atoms with Crippen molar-refractivity contribution in [2.45, 2.75) is 39.1 Å². The number of nitrogens with one attached hydrogen (secondary N) is 3. The second-order valence-corrected chi connectivity index (χ2v) is 6.90. The first kappa shape index (κ1) is 23.8. The number of halogens is 3. The predicted molar refractivity (Wildman–Crippen MR) is 112 cm³/mol. The van der Waals surface area contributed by atoms with Gasteiger partial charge in [0.1, 0.15) is 17.6 Å². The zero-order chi connectivity index (χ0) is 23.8. The standard InChI is InChI=1S/C20H22F3N7O3/c1-3-4-9-25-19(31)28-15-8-10-24-18(27-15)26-12(2)17-29-16(30-33-17)13-6-5-7-14(11-13)32-20(21,22)23/h5-8,10-12H,3-4,9H2,1-2H3,(H3,24,25,26,27,28,31). The maximum absolute atomic E-state index is 12.4. The lowest BCUT2D eigenvalue weighted by Crippen LogP contribution is -2.29. The van der Waals surface area contributed by atoms with Gasteiger partial charge in [0.2, 0.25) is 17.7 Å². The number of hydrogen-bond donors (Lipinski definition) is 3. The molecule has 1 atom stereocenters. The Kier molecular flexibility index (Phi) is 7.64. The smallest absolute Gasteiger partial charge is 0.406 e. The van der Waals surface area contributed by atoms with Gasteiger partial charge in [-0.1, -0.05) is 30.6 Å². The van der Waals surface area contributed by atoms with Gasteiger partial charge in [0.25, 0.3) is 0 Å². The van der Waals surface area contributed by atoms with Crippen LogP contribution < -0.4 is 20.7 Å². The molecule has 2 amide bonds. The van der Waals surface area contributed by atoms with Gasteiger partial charge in [-0.25, -0.2) is 9.78 Å². The molecule has 3 N–H and O–H groups in total. The van der Waals surface area contributed by atoms with E-state index in [0.29, 0.717) is 12.4 Å². The lowest BCUT2D eigenvalue weighted by molar-refractivity contribution is -0.274. The molecule has 0 bridgehead atoms. The summed E-state index contributed by atoms with van der Waals surface area (Å²) >= 11 is 0. The van der Waals surface area contributed by atoms with E-state index in [0.717, 1.165) is 18.9 Å². The van der Waals surface area contributed by atoms with Crippen LogP contribution in [0.2, 0.25) is 0 Å². The number of benzene rings is 1. The van der Waals surface area contributed by atoms with Crippen molar-refractivity contribution in [3.05, 3.63) is 42.4 Å². The van der Waals surface area contributed by atoms with E-state index in [1.165, 1.54) is 30.5 Å². The molecular formula is C20H22F3N7O3. The molecule has 0 aliphatic heterocycles. The topological polar surface area (TPSA) is 127 Å². The monoisotopic (exact) mass is 465 g/mol. The van der Waals surface area contributed by atoms with Crippen molar-refractivity contribution in [1.29, 1.82) is 0 Å². The third-order valence-corrected chi connectivity index (χ3v) is 4.20. The first-order valence-corrected chi connectivity index (χ1v) is 10.1. The zero-order valence-electron chi connectivity index (χ0n) is 17.8. The van der Waals surface area contributed by atoms with Crippen LogP contribution in [0.5, 0.6) is 5.75 Å². The zero-order valence-corrected chi connectivity index (χ0v) is 17.8. The van der Waals surface area contributed by atoms with Crippen LogP contribution >= 0.6 is 0 Å². The van der Waals surface area contributed by atoms with E-state index in [1.807, 2.05) is 6.92 Å². The number of carbonyl (C=O) groups excluding carboxylic acids is 1. The van der Waals surface area contributed by atoms with Crippen LogP contribution in [0.25, 0.3) is 11.4 Å². The van der Waals surface area contributed by atoms with Gasteiger partial charge >= 0.3 is 12.4 Å². The van der Waals surface area contributed by atoms with Gasteiger partial charge in [0.05, 0.1) is 0 Å². The molecule has 13 heteroatoms. The van der Waals surface area contributed by atoms with E-state index in [9.17, 15) is 18.0 Å². The summed E-state index contributed by atoms with van der Waals surface area (Å²) in [6, 6.07) is 5.87. The van der Waals surface area contributed by atoms with Crippen molar-refractivity contribution in [2.24, 2.45) is 0 Å².